The Morgan fingerprint density at radius 1 is 1.20 bits per heavy atom. The normalized spacial score (nSPS) is 12.7. The zero-order valence-corrected chi connectivity index (χ0v) is 13.9. The van der Waals surface area contributed by atoms with E-state index in [9.17, 15) is 0 Å². The highest BCUT2D eigenvalue weighted by atomic mass is 35.5. The van der Waals surface area contributed by atoms with Crippen LogP contribution in [0.5, 0.6) is 5.75 Å². The van der Waals surface area contributed by atoms with E-state index in [0.717, 1.165) is 16.9 Å². The molecule has 2 rings (SSSR count). The maximum atomic E-state index is 6.26. The standard InChI is InChI=1S/C15H17Cl2NOS/c1-9(2)19-11-6-4-5-10(7-11)14(18-3)12-8-13(16)20-15(12)17/h4-9,14,18H,1-3H3. The maximum Gasteiger partial charge on any atom is 0.120 e. The molecule has 0 saturated carbocycles. The van der Waals surface area contributed by atoms with E-state index in [-0.39, 0.29) is 12.1 Å². The Morgan fingerprint density at radius 2 is 1.95 bits per heavy atom. The molecule has 108 valence electrons. The van der Waals surface area contributed by atoms with E-state index in [4.69, 9.17) is 27.9 Å². The molecule has 0 spiro atoms. The smallest absolute Gasteiger partial charge is 0.120 e. The van der Waals surface area contributed by atoms with Crippen molar-refractivity contribution >= 4 is 34.5 Å². The van der Waals surface area contributed by atoms with Crippen LogP contribution in [0.1, 0.15) is 31.0 Å². The first-order chi connectivity index (χ1) is 9.51. The van der Waals surface area contributed by atoms with Gasteiger partial charge in [0, 0.05) is 5.56 Å². The van der Waals surface area contributed by atoms with Gasteiger partial charge >= 0.3 is 0 Å². The maximum absolute atomic E-state index is 6.26. The van der Waals surface area contributed by atoms with Crippen LogP contribution in [0.25, 0.3) is 0 Å². The summed E-state index contributed by atoms with van der Waals surface area (Å²) in [6.45, 7) is 4.02. The lowest BCUT2D eigenvalue weighted by molar-refractivity contribution is 0.242. The van der Waals surface area contributed by atoms with E-state index in [0.29, 0.717) is 8.67 Å². The van der Waals surface area contributed by atoms with Crippen LogP contribution in [-0.4, -0.2) is 13.2 Å². The highest BCUT2D eigenvalue weighted by Gasteiger charge is 2.18. The van der Waals surface area contributed by atoms with Crippen LogP contribution in [0, 0.1) is 0 Å². The summed E-state index contributed by atoms with van der Waals surface area (Å²) in [6, 6.07) is 9.94. The van der Waals surface area contributed by atoms with Gasteiger partial charge < -0.3 is 10.1 Å². The van der Waals surface area contributed by atoms with Gasteiger partial charge in [0.15, 0.2) is 0 Å². The van der Waals surface area contributed by atoms with Crippen LogP contribution in [-0.2, 0) is 0 Å². The van der Waals surface area contributed by atoms with Gasteiger partial charge in [0.05, 0.1) is 20.8 Å². The van der Waals surface area contributed by atoms with Crippen molar-refractivity contribution in [2.45, 2.75) is 26.0 Å². The summed E-state index contributed by atoms with van der Waals surface area (Å²) in [6.07, 6.45) is 0.150. The monoisotopic (exact) mass is 329 g/mol. The predicted molar refractivity (Wildman–Crippen MR) is 87.4 cm³/mol. The van der Waals surface area contributed by atoms with Crippen LogP contribution < -0.4 is 10.1 Å². The molecule has 1 unspecified atom stereocenters. The van der Waals surface area contributed by atoms with Gasteiger partial charge in [-0.1, -0.05) is 35.3 Å². The van der Waals surface area contributed by atoms with Crippen LogP contribution in [0.15, 0.2) is 30.3 Å². The molecule has 1 aromatic heterocycles. The van der Waals surface area contributed by atoms with E-state index in [1.165, 1.54) is 11.3 Å². The number of hydrogen-bond acceptors (Lipinski definition) is 3. The minimum atomic E-state index is 0.00182. The number of halogens is 2. The lowest BCUT2D eigenvalue weighted by atomic mass is 10.0. The van der Waals surface area contributed by atoms with Crippen molar-refractivity contribution in [1.82, 2.24) is 5.32 Å². The SMILES string of the molecule is CNC(c1cccc(OC(C)C)c1)c1cc(Cl)sc1Cl. The molecular weight excluding hydrogens is 313 g/mol. The van der Waals surface area contributed by atoms with Gasteiger partial charge in [0.1, 0.15) is 5.75 Å². The van der Waals surface area contributed by atoms with Gasteiger partial charge in [-0.15, -0.1) is 11.3 Å². The van der Waals surface area contributed by atoms with Crippen molar-refractivity contribution < 1.29 is 4.74 Å². The number of benzene rings is 1. The second-order valence-electron chi connectivity index (χ2n) is 4.74. The first kappa shape index (κ1) is 15.6. The Hall–Kier alpha value is -0.740. The average Bonchev–Trinajstić information content (AvgIpc) is 2.69. The summed E-state index contributed by atoms with van der Waals surface area (Å²) in [4.78, 5) is 0. The van der Waals surface area contributed by atoms with E-state index in [2.05, 4.69) is 11.4 Å². The minimum absolute atomic E-state index is 0.00182. The first-order valence-corrected chi connectivity index (χ1v) is 7.97. The van der Waals surface area contributed by atoms with Crippen LogP contribution >= 0.6 is 34.5 Å². The van der Waals surface area contributed by atoms with Gasteiger partial charge in [-0.3, -0.25) is 0 Å². The molecule has 0 amide bonds. The van der Waals surface area contributed by atoms with E-state index in [1.807, 2.05) is 45.2 Å². The molecule has 0 fully saturated rings. The molecule has 20 heavy (non-hydrogen) atoms. The van der Waals surface area contributed by atoms with Gasteiger partial charge in [0.2, 0.25) is 0 Å². The van der Waals surface area contributed by atoms with Gasteiger partial charge in [-0.25, -0.2) is 0 Å². The van der Waals surface area contributed by atoms with Crippen molar-refractivity contribution in [3.8, 4) is 5.75 Å². The molecule has 0 aliphatic heterocycles. The molecule has 2 aromatic rings. The molecule has 0 aliphatic carbocycles. The third kappa shape index (κ3) is 3.67. The molecule has 1 N–H and O–H groups in total. The van der Waals surface area contributed by atoms with Crippen molar-refractivity contribution in [2.24, 2.45) is 0 Å². The van der Waals surface area contributed by atoms with E-state index >= 15 is 0 Å². The Kier molecular flexibility index (Phi) is 5.33. The molecule has 5 heteroatoms. The zero-order valence-electron chi connectivity index (χ0n) is 11.6. The summed E-state index contributed by atoms with van der Waals surface area (Å²) < 4.78 is 7.14. The summed E-state index contributed by atoms with van der Waals surface area (Å²) >= 11 is 13.7. The summed E-state index contributed by atoms with van der Waals surface area (Å²) in [5.74, 6) is 0.857. The van der Waals surface area contributed by atoms with E-state index < -0.39 is 0 Å². The number of rotatable bonds is 5. The topological polar surface area (TPSA) is 21.3 Å². The van der Waals surface area contributed by atoms with Crippen molar-refractivity contribution in [1.29, 1.82) is 0 Å². The van der Waals surface area contributed by atoms with E-state index in [1.54, 1.807) is 0 Å². The summed E-state index contributed by atoms with van der Waals surface area (Å²) in [5, 5.41) is 3.28. The molecule has 0 bridgehead atoms. The number of ether oxygens (including phenoxy) is 1. The van der Waals surface area contributed by atoms with Crippen LogP contribution in [0.2, 0.25) is 8.67 Å². The van der Waals surface area contributed by atoms with Crippen molar-refractivity contribution in [3.63, 3.8) is 0 Å². The summed E-state index contributed by atoms with van der Waals surface area (Å²) in [7, 11) is 1.91. The highest BCUT2D eigenvalue weighted by Crippen LogP contribution is 2.37. The number of nitrogens with one attached hydrogen (secondary N) is 1. The zero-order chi connectivity index (χ0) is 14.7. The molecule has 0 radical (unpaired) electrons. The fourth-order valence-corrected chi connectivity index (χ4v) is 3.62. The fraction of sp³-hybridized carbons (Fsp3) is 0.333. The van der Waals surface area contributed by atoms with Crippen LogP contribution in [0.3, 0.4) is 0 Å². The second kappa shape index (κ2) is 6.81. The van der Waals surface area contributed by atoms with Crippen LogP contribution in [0.4, 0.5) is 0 Å². The van der Waals surface area contributed by atoms with Gasteiger partial charge in [-0.2, -0.15) is 0 Å². The average molecular weight is 330 g/mol. The lowest BCUT2D eigenvalue weighted by Gasteiger charge is -2.18. The van der Waals surface area contributed by atoms with Gasteiger partial charge in [-0.05, 0) is 44.7 Å². The summed E-state index contributed by atoms with van der Waals surface area (Å²) in [5.41, 5.74) is 2.09. The number of thiophene rings is 1. The molecule has 1 aromatic carbocycles. The minimum Gasteiger partial charge on any atom is -0.491 e. The van der Waals surface area contributed by atoms with Crippen molar-refractivity contribution in [2.75, 3.05) is 7.05 Å². The lowest BCUT2D eigenvalue weighted by Crippen LogP contribution is -2.17. The second-order valence-corrected chi connectivity index (χ2v) is 7.03. The molecule has 0 aliphatic rings. The highest BCUT2D eigenvalue weighted by molar-refractivity contribution is 7.20. The van der Waals surface area contributed by atoms with Gasteiger partial charge in [0.25, 0.3) is 0 Å². The fourth-order valence-electron chi connectivity index (χ4n) is 2.09. The van der Waals surface area contributed by atoms with Crippen molar-refractivity contribution in [3.05, 3.63) is 50.1 Å². The quantitative estimate of drug-likeness (QED) is 0.818. The molecule has 1 atom stereocenters. The third-order valence-corrected chi connectivity index (χ3v) is 4.36. The Bertz CT molecular complexity index is 583. The molecular formula is C15H17Cl2NOS. The largest absolute Gasteiger partial charge is 0.491 e. The molecule has 2 nitrogen and oxygen atoms in total. The molecule has 1 heterocycles. The first-order valence-electron chi connectivity index (χ1n) is 6.40. The Balaban J connectivity index is 2.34. The number of hydrogen-bond donors (Lipinski definition) is 1. The predicted octanol–water partition coefficient (Wildman–Crippen LogP) is 5.15. The Morgan fingerprint density at radius 3 is 2.50 bits per heavy atom. The molecule has 0 saturated heterocycles. The Labute approximate surface area is 133 Å². The third-order valence-electron chi connectivity index (χ3n) is 2.85.